The van der Waals surface area contributed by atoms with Gasteiger partial charge in [0.2, 0.25) is 0 Å². The predicted octanol–water partition coefficient (Wildman–Crippen LogP) is 7.16. The van der Waals surface area contributed by atoms with Gasteiger partial charge in [-0.25, -0.2) is 13.2 Å². The number of nitrogens with two attached hydrogens (primary N) is 1. The third-order valence-electron chi connectivity index (χ3n) is 10.4. The molecule has 3 aliphatic rings. The average Bonchev–Trinajstić information content (AvgIpc) is 3.94. The van der Waals surface area contributed by atoms with Crippen LogP contribution in [-0.2, 0) is 19.3 Å². The summed E-state index contributed by atoms with van der Waals surface area (Å²) in [6.07, 6.45) is -2.27. The average molecular weight is 786 g/mol. The maximum absolute atomic E-state index is 16.6. The van der Waals surface area contributed by atoms with Gasteiger partial charge in [-0.3, -0.25) is 14.4 Å². The Morgan fingerprint density at radius 2 is 1.91 bits per heavy atom. The van der Waals surface area contributed by atoms with E-state index in [4.69, 9.17) is 10.5 Å². The third kappa shape index (κ3) is 6.88. The summed E-state index contributed by atoms with van der Waals surface area (Å²) in [5.41, 5.74) is 3.36. The second kappa shape index (κ2) is 14.8. The normalized spacial score (nSPS) is 18.2. The number of fused-ring (bicyclic) bond motifs is 4. The molecule has 1 amide bonds. The molecule has 8 rings (SSSR count). The number of alkyl halides is 4. The van der Waals surface area contributed by atoms with Crippen molar-refractivity contribution in [2.75, 3.05) is 50.5 Å². The van der Waals surface area contributed by atoms with Gasteiger partial charge in [0.1, 0.15) is 34.4 Å². The molecule has 18 heteroatoms. The summed E-state index contributed by atoms with van der Waals surface area (Å²) < 4.78 is 95.0. The Morgan fingerprint density at radius 1 is 1.15 bits per heavy atom. The predicted molar refractivity (Wildman–Crippen MR) is 196 cm³/mol. The van der Waals surface area contributed by atoms with Crippen molar-refractivity contribution in [1.29, 1.82) is 5.26 Å². The lowest BCUT2D eigenvalue weighted by atomic mass is 9.92. The molecule has 3 aromatic heterocycles. The number of methoxy groups -OCH3 is 1. The molecule has 0 spiro atoms. The molecule has 55 heavy (non-hydrogen) atoms. The first kappa shape index (κ1) is 38.1. The Balaban J connectivity index is 0.000000449. The molecule has 2 N–H and O–H groups in total. The highest BCUT2D eigenvalue weighted by atomic mass is 32.1. The van der Waals surface area contributed by atoms with E-state index in [-0.39, 0.29) is 74.7 Å². The lowest BCUT2D eigenvalue weighted by Gasteiger charge is -2.30. The zero-order valence-electron chi connectivity index (χ0n) is 30.2. The van der Waals surface area contributed by atoms with Crippen molar-refractivity contribution in [3.05, 3.63) is 58.4 Å². The number of carbonyl (C=O) groups excluding carboxylic acids is 1. The summed E-state index contributed by atoms with van der Waals surface area (Å²) in [6.45, 7) is 7.12. The number of hydrogen-bond donors (Lipinski definition) is 1. The van der Waals surface area contributed by atoms with E-state index < -0.39 is 40.6 Å². The van der Waals surface area contributed by atoms with Crippen LogP contribution in [0.15, 0.2) is 24.3 Å². The van der Waals surface area contributed by atoms with Gasteiger partial charge in [0.25, 0.3) is 5.91 Å². The second-order valence-corrected chi connectivity index (χ2v) is 14.6. The van der Waals surface area contributed by atoms with Gasteiger partial charge in [-0.1, -0.05) is 6.07 Å². The maximum Gasteiger partial charge on any atom is 0.417 e. The van der Waals surface area contributed by atoms with Gasteiger partial charge in [0, 0.05) is 48.6 Å². The summed E-state index contributed by atoms with van der Waals surface area (Å²) in [5.74, 6) is -2.45. The third-order valence-corrected chi connectivity index (χ3v) is 11.4. The summed E-state index contributed by atoms with van der Waals surface area (Å²) in [5, 5.41) is 13.5. The fraction of sp³-hybridized carbons (Fsp3) is 0.432. The molecule has 3 aliphatic heterocycles. The van der Waals surface area contributed by atoms with Crippen molar-refractivity contribution in [3.63, 3.8) is 0 Å². The van der Waals surface area contributed by atoms with Crippen LogP contribution < -0.4 is 15.4 Å². The van der Waals surface area contributed by atoms with Crippen molar-refractivity contribution in [1.82, 2.24) is 29.5 Å². The zero-order chi connectivity index (χ0) is 39.3. The van der Waals surface area contributed by atoms with E-state index >= 15 is 4.39 Å². The molecule has 2 atom stereocenters. The number of rotatable bonds is 6. The minimum atomic E-state index is -5.09. The van der Waals surface area contributed by atoms with Gasteiger partial charge in [-0.05, 0) is 63.4 Å². The Kier molecular flexibility index (Phi) is 10.3. The van der Waals surface area contributed by atoms with E-state index in [1.165, 1.54) is 20.0 Å². The van der Waals surface area contributed by atoms with E-state index in [1.807, 2.05) is 13.8 Å². The number of nitriles is 1. The fourth-order valence-corrected chi connectivity index (χ4v) is 8.72. The van der Waals surface area contributed by atoms with Crippen LogP contribution in [-0.4, -0.2) is 87.5 Å². The standard InChI is InChI=1S/C30H25F5N8O2S.C7H12FN/c1-4-41(5-2)28(44)20-10-14-13-42(8-9-43(14)40-20)27-16-11-18(30(33,34)35)22(23(32)24(16)38-29(39-27)45-3)15-6-7-19(31)25-21(15)17(12-36)26(37)46-25;8-6-4-7-2-1-3-9(7)5-6/h6-7,10-11H,4-5,8-9,13,37H2,1-3H3;6-7H,1-5H2. The lowest BCUT2D eigenvalue weighted by Crippen LogP contribution is -2.34. The summed E-state index contributed by atoms with van der Waals surface area (Å²) in [4.78, 5) is 26.8. The molecule has 5 aromatic rings. The van der Waals surface area contributed by atoms with Gasteiger partial charge in [0.15, 0.2) is 11.5 Å². The molecule has 0 radical (unpaired) electrons. The Morgan fingerprint density at radius 3 is 2.58 bits per heavy atom. The summed E-state index contributed by atoms with van der Waals surface area (Å²) in [7, 11) is 1.24. The summed E-state index contributed by atoms with van der Waals surface area (Å²) >= 11 is 0.684. The van der Waals surface area contributed by atoms with Gasteiger partial charge >= 0.3 is 12.2 Å². The molecule has 2 aromatic carbocycles. The topological polar surface area (TPSA) is 129 Å². The minimum Gasteiger partial charge on any atom is -0.467 e. The number of aromatic nitrogens is 4. The second-order valence-electron chi connectivity index (χ2n) is 13.6. The molecule has 290 valence electrons. The van der Waals surface area contributed by atoms with Crippen molar-refractivity contribution >= 4 is 49.1 Å². The first-order valence-corrected chi connectivity index (χ1v) is 18.6. The fourth-order valence-electron chi connectivity index (χ4n) is 7.77. The quantitative estimate of drug-likeness (QED) is 0.178. The number of carbonyl (C=O) groups is 1. The molecular weight excluding hydrogens is 749 g/mol. The number of ether oxygens (including phenoxy) is 1. The van der Waals surface area contributed by atoms with Crippen LogP contribution in [0.5, 0.6) is 6.01 Å². The molecule has 6 heterocycles. The molecule has 2 saturated heterocycles. The number of thiophene rings is 1. The number of halogens is 6. The maximum atomic E-state index is 16.6. The smallest absolute Gasteiger partial charge is 0.417 e. The van der Waals surface area contributed by atoms with Gasteiger partial charge in [0.05, 0.1) is 41.7 Å². The van der Waals surface area contributed by atoms with Crippen LogP contribution >= 0.6 is 11.3 Å². The van der Waals surface area contributed by atoms with Crippen molar-refractivity contribution in [3.8, 4) is 23.2 Å². The van der Waals surface area contributed by atoms with Crippen molar-refractivity contribution in [2.24, 2.45) is 0 Å². The van der Waals surface area contributed by atoms with E-state index in [9.17, 15) is 32.0 Å². The van der Waals surface area contributed by atoms with Crippen LogP contribution in [0, 0.1) is 23.0 Å². The molecule has 2 fully saturated rings. The molecule has 0 bridgehead atoms. The Hall–Kier alpha value is -5.15. The van der Waals surface area contributed by atoms with Crippen molar-refractivity contribution in [2.45, 2.75) is 64.6 Å². The van der Waals surface area contributed by atoms with Crippen LogP contribution in [0.4, 0.5) is 37.2 Å². The highest BCUT2D eigenvalue weighted by Crippen LogP contribution is 2.48. The highest BCUT2D eigenvalue weighted by molar-refractivity contribution is 7.23. The van der Waals surface area contributed by atoms with Crippen molar-refractivity contribution < 1.29 is 35.9 Å². The first-order chi connectivity index (χ1) is 26.3. The summed E-state index contributed by atoms with van der Waals surface area (Å²) in [6, 6.07) is 6.38. The van der Waals surface area contributed by atoms with Gasteiger partial charge < -0.3 is 20.3 Å². The van der Waals surface area contributed by atoms with Gasteiger partial charge in [-0.15, -0.1) is 11.3 Å². The zero-order valence-corrected chi connectivity index (χ0v) is 31.0. The van der Waals surface area contributed by atoms with Crippen LogP contribution in [0.1, 0.15) is 60.4 Å². The Labute approximate surface area is 315 Å². The molecule has 0 aliphatic carbocycles. The van der Waals surface area contributed by atoms with E-state index in [1.54, 1.807) is 26.6 Å². The Bertz CT molecular complexity index is 2320. The van der Waals surface area contributed by atoms with Crippen LogP contribution in [0.2, 0.25) is 0 Å². The number of benzene rings is 2. The van der Waals surface area contributed by atoms with Gasteiger partial charge in [-0.2, -0.15) is 33.5 Å². The van der Waals surface area contributed by atoms with E-state index in [0.717, 1.165) is 31.2 Å². The minimum absolute atomic E-state index is 0.0244. The highest BCUT2D eigenvalue weighted by Gasteiger charge is 2.39. The number of hydrogen-bond acceptors (Lipinski definition) is 10. The monoisotopic (exact) mass is 785 g/mol. The molecule has 2 unspecified atom stereocenters. The first-order valence-electron chi connectivity index (χ1n) is 17.8. The SMILES string of the molecule is CCN(CC)C(=O)c1cc2n(n1)CCN(c1nc(OC)nc3c(F)c(-c4ccc(F)c5sc(N)c(C#N)c45)c(C(F)(F)F)cc13)C2.FC1CC2CCCN2C1. The molecule has 0 saturated carbocycles. The number of nitrogen functional groups attached to an aromatic ring is 1. The van der Waals surface area contributed by atoms with Crippen LogP contribution in [0.25, 0.3) is 32.1 Å². The largest absolute Gasteiger partial charge is 0.467 e. The number of nitrogens with zero attached hydrogens (tertiary/aromatic N) is 8. The lowest BCUT2D eigenvalue weighted by molar-refractivity contribution is -0.137. The van der Waals surface area contributed by atoms with E-state index in [0.29, 0.717) is 42.7 Å². The number of amides is 1. The molecule has 11 nitrogen and oxygen atoms in total. The van der Waals surface area contributed by atoms with E-state index in [2.05, 4.69) is 20.0 Å². The van der Waals surface area contributed by atoms with Crippen LogP contribution in [0.3, 0.4) is 0 Å². The molecular formula is C37H37F6N9O2S. The number of anilines is 2.